The van der Waals surface area contributed by atoms with Crippen LogP contribution in [0.3, 0.4) is 0 Å². The van der Waals surface area contributed by atoms with Crippen LogP contribution >= 0.6 is 11.3 Å². The third kappa shape index (κ3) is 3.98. The van der Waals surface area contributed by atoms with Crippen LogP contribution in [0.4, 0.5) is 0 Å². The van der Waals surface area contributed by atoms with Gasteiger partial charge in [-0.15, -0.1) is 11.3 Å². The number of thiophene rings is 1. The molecule has 1 N–H and O–H groups in total. The van der Waals surface area contributed by atoms with Gasteiger partial charge in [0.15, 0.2) is 0 Å². The smallest absolute Gasteiger partial charge is 0.262 e. The highest BCUT2D eigenvalue weighted by atomic mass is 32.1. The average molecular weight is 320 g/mol. The molecule has 0 fully saturated rings. The van der Waals surface area contributed by atoms with Crippen LogP contribution in [0.5, 0.6) is 0 Å². The SMILES string of the molecule is CC(C)C(NC(=O)c1cccs1)C(=O)N(C)Cc1ccco1. The summed E-state index contributed by atoms with van der Waals surface area (Å²) in [7, 11) is 1.71. The van der Waals surface area contributed by atoms with E-state index in [1.54, 1.807) is 30.3 Å². The second kappa shape index (κ2) is 7.26. The Morgan fingerprint density at radius 2 is 2.09 bits per heavy atom. The molecule has 5 nitrogen and oxygen atoms in total. The number of hydrogen-bond acceptors (Lipinski definition) is 4. The van der Waals surface area contributed by atoms with E-state index in [9.17, 15) is 9.59 Å². The van der Waals surface area contributed by atoms with Gasteiger partial charge in [-0.25, -0.2) is 0 Å². The minimum atomic E-state index is -0.561. The molecule has 0 saturated carbocycles. The predicted molar refractivity (Wildman–Crippen MR) is 85.6 cm³/mol. The van der Waals surface area contributed by atoms with Gasteiger partial charge in [0.05, 0.1) is 17.7 Å². The number of carbonyl (C=O) groups is 2. The normalized spacial score (nSPS) is 12.2. The van der Waals surface area contributed by atoms with E-state index < -0.39 is 6.04 Å². The Hall–Kier alpha value is -2.08. The molecule has 0 saturated heterocycles. The average Bonchev–Trinajstić information content (AvgIpc) is 3.16. The summed E-state index contributed by atoms with van der Waals surface area (Å²) in [6.07, 6.45) is 1.58. The van der Waals surface area contributed by atoms with Crippen molar-refractivity contribution in [3.05, 3.63) is 46.5 Å². The maximum Gasteiger partial charge on any atom is 0.262 e. The van der Waals surface area contributed by atoms with E-state index in [-0.39, 0.29) is 17.7 Å². The number of nitrogens with zero attached hydrogens (tertiary/aromatic N) is 1. The zero-order valence-corrected chi connectivity index (χ0v) is 13.7. The van der Waals surface area contributed by atoms with Gasteiger partial charge in [-0.3, -0.25) is 9.59 Å². The molecule has 1 unspecified atom stereocenters. The van der Waals surface area contributed by atoms with Gasteiger partial charge in [0.1, 0.15) is 11.8 Å². The van der Waals surface area contributed by atoms with Crippen molar-refractivity contribution in [2.45, 2.75) is 26.4 Å². The molecular formula is C16H20N2O3S. The molecule has 22 heavy (non-hydrogen) atoms. The Balaban J connectivity index is 2.03. The van der Waals surface area contributed by atoms with Gasteiger partial charge in [-0.05, 0) is 29.5 Å². The maximum atomic E-state index is 12.6. The summed E-state index contributed by atoms with van der Waals surface area (Å²) in [5.41, 5.74) is 0. The highest BCUT2D eigenvalue weighted by Crippen LogP contribution is 2.13. The van der Waals surface area contributed by atoms with Crippen molar-refractivity contribution >= 4 is 23.2 Å². The van der Waals surface area contributed by atoms with Crippen molar-refractivity contribution in [2.75, 3.05) is 7.05 Å². The molecule has 118 valence electrons. The fourth-order valence-corrected chi connectivity index (χ4v) is 2.71. The van der Waals surface area contributed by atoms with E-state index in [1.165, 1.54) is 11.3 Å². The van der Waals surface area contributed by atoms with Crippen molar-refractivity contribution in [1.29, 1.82) is 0 Å². The molecule has 0 radical (unpaired) electrons. The van der Waals surface area contributed by atoms with E-state index in [1.807, 2.05) is 31.4 Å². The lowest BCUT2D eigenvalue weighted by atomic mass is 10.0. The van der Waals surface area contributed by atoms with E-state index in [4.69, 9.17) is 4.42 Å². The van der Waals surface area contributed by atoms with Crippen molar-refractivity contribution in [3.8, 4) is 0 Å². The van der Waals surface area contributed by atoms with E-state index in [2.05, 4.69) is 5.32 Å². The summed E-state index contributed by atoms with van der Waals surface area (Å²) in [6, 6.07) is 6.60. The van der Waals surface area contributed by atoms with E-state index >= 15 is 0 Å². The Morgan fingerprint density at radius 3 is 2.64 bits per heavy atom. The maximum absolute atomic E-state index is 12.6. The third-order valence-corrected chi connectivity index (χ3v) is 4.18. The first-order valence-corrected chi connectivity index (χ1v) is 7.98. The molecule has 0 bridgehead atoms. The van der Waals surface area contributed by atoms with Crippen LogP contribution in [0.25, 0.3) is 0 Å². The fourth-order valence-electron chi connectivity index (χ4n) is 2.09. The first kappa shape index (κ1) is 16.3. The number of hydrogen-bond donors (Lipinski definition) is 1. The lowest BCUT2D eigenvalue weighted by molar-refractivity contribution is -0.133. The Bertz CT molecular complexity index is 605. The Labute approximate surface area is 133 Å². The molecule has 0 spiro atoms. The lowest BCUT2D eigenvalue weighted by Gasteiger charge is -2.26. The fraction of sp³-hybridized carbons (Fsp3) is 0.375. The van der Waals surface area contributed by atoms with Gasteiger partial charge < -0.3 is 14.6 Å². The first-order chi connectivity index (χ1) is 10.5. The predicted octanol–water partition coefficient (Wildman–Crippen LogP) is 2.75. The number of furan rings is 1. The molecule has 2 aromatic rings. The van der Waals surface area contributed by atoms with E-state index in [0.29, 0.717) is 17.2 Å². The number of rotatable bonds is 6. The van der Waals surface area contributed by atoms with E-state index in [0.717, 1.165) is 0 Å². The summed E-state index contributed by atoms with van der Waals surface area (Å²) >= 11 is 1.36. The first-order valence-electron chi connectivity index (χ1n) is 7.10. The highest BCUT2D eigenvalue weighted by molar-refractivity contribution is 7.12. The zero-order valence-electron chi connectivity index (χ0n) is 12.9. The minimum Gasteiger partial charge on any atom is -0.467 e. The van der Waals surface area contributed by atoms with Crippen LogP contribution in [0, 0.1) is 5.92 Å². The standard InChI is InChI=1S/C16H20N2O3S/c1-11(2)14(17-15(19)13-7-5-9-22-13)16(20)18(3)10-12-6-4-8-21-12/h4-9,11,14H,10H2,1-3H3,(H,17,19). The largest absolute Gasteiger partial charge is 0.467 e. The second-order valence-corrected chi connectivity index (χ2v) is 6.39. The molecule has 2 rings (SSSR count). The van der Waals surface area contributed by atoms with Gasteiger partial charge in [0, 0.05) is 7.05 Å². The van der Waals surface area contributed by atoms with Crippen LogP contribution in [0.15, 0.2) is 40.3 Å². The minimum absolute atomic E-state index is 0.00420. The van der Waals surface area contributed by atoms with Crippen molar-refractivity contribution in [2.24, 2.45) is 5.92 Å². The molecule has 1 atom stereocenters. The summed E-state index contributed by atoms with van der Waals surface area (Å²) in [5, 5.41) is 4.67. The lowest BCUT2D eigenvalue weighted by Crippen LogP contribution is -2.49. The van der Waals surface area contributed by atoms with Crippen LogP contribution in [0.1, 0.15) is 29.3 Å². The number of carbonyl (C=O) groups excluding carboxylic acids is 2. The molecule has 2 heterocycles. The van der Waals surface area contributed by atoms with Gasteiger partial charge in [-0.2, -0.15) is 0 Å². The quantitative estimate of drug-likeness (QED) is 0.890. The third-order valence-electron chi connectivity index (χ3n) is 3.31. The Kier molecular flexibility index (Phi) is 5.38. The summed E-state index contributed by atoms with van der Waals surface area (Å²) in [5.74, 6) is 0.364. The molecule has 0 aliphatic rings. The van der Waals surface area contributed by atoms with Crippen LogP contribution in [0.2, 0.25) is 0 Å². The van der Waals surface area contributed by atoms with Gasteiger partial charge in [0.2, 0.25) is 5.91 Å². The highest BCUT2D eigenvalue weighted by Gasteiger charge is 2.27. The monoisotopic (exact) mass is 320 g/mol. The summed E-state index contributed by atoms with van der Waals surface area (Å²) < 4.78 is 5.25. The van der Waals surface area contributed by atoms with Crippen molar-refractivity contribution in [3.63, 3.8) is 0 Å². The van der Waals surface area contributed by atoms with Gasteiger partial charge >= 0.3 is 0 Å². The van der Waals surface area contributed by atoms with Crippen LogP contribution in [-0.4, -0.2) is 29.8 Å². The molecule has 0 aromatic carbocycles. The Morgan fingerprint density at radius 1 is 1.32 bits per heavy atom. The summed E-state index contributed by atoms with van der Waals surface area (Å²) in [6.45, 7) is 4.21. The van der Waals surface area contributed by atoms with Gasteiger partial charge in [0.25, 0.3) is 5.91 Å². The molecule has 0 aliphatic heterocycles. The molecule has 6 heteroatoms. The van der Waals surface area contributed by atoms with Crippen molar-refractivity contribution in [1.82, 2.24) is 10.2 Å². The van der Waals surface area contributed by atoms with Crippen LogP contribution in [-0.2, 0) is 11.3 Å². The van der Waals surface area contributed by atoms with Crippen molar-refractivity contribution < 1.29 is 14.0 Å². The molecular weight excluding hydrogens is 300 g/mol. The second-order valence-electron chi connectivity index (χ2n) is 5.45. The number of likely N-dealkylation sites (N-methyl/N-ethyl adjacent to an activating group) is 1. The zero-order chi connectivity index (χ0) is 16.1. The number of nitrogens with one attached hydrogen (secondary N) is 1. The molecule has 2 amide bonds. The topological polar surface area (TPSA) is 62.6 Å². The van der Waals surface area contributed by atoms with Gasteiger partial charge in [-0.1, -0.05) is 19.9 Å². The van der Waals surface area contributed by atoms with Crippen LogP contribution < -0.4 is 5.32 Å². The molecule has 0 aliphatic carbocycles. The summed E-state index contributed by atoms with van der Waals surface area (Å²) in [4.78, 5) is 26.9. The number of amides is 2. The molecule has 2 aromatic heterocycles.